The molecule has 0 N–H and O–H groups in total. The number of carbonyl (C=O) groups excluding carboxylic acids is 1. The summed E-state index contributed by atoms with van der Waals surface area (Å²) in [5, 5.41) is 4.11. The maximum Gasteiger partial charge on any atom is 0.308 e. The van der Waals surface area contributed by atoms with Crippen molar-refractivity contribution in [1.82, 2.24) is 9.78 Å². The number of rotatable bonds is 4. The van der Waals surface area contributed by atoms with Gasteiger partial charge in [0.1, 0.15) is 0 Å². The summed E-state index contributed by atoms with van der Waals surface area (Å²) in [6.45, 7) is 6.14. The fourth-order valence-electron chi connectivity index (χ4n) is 1.27. The van der Waals surface area contributed by atoms with Crippen LogP contribution in [0.3, 0.4) is 0 Å². The van der Waals surface area contributed by atoms with Gasteiger partial charge < -0.3 is 4.74 Å². The zero-order chi connectivity index (χ0) is 10.6. The summed E-state index contributed by atoms with van der Waals surface area (Å²) in [5.74, 6) is -0.187. The first-order valence-electron chi connectivity index (χ1n) is 4.72. The van der Waals surface area contributed by atoms with Crippen molar-refractivity contribution >= 4 is 5.97 Å². The average Bonchev–Trinajstić information content (AvgIpc) is 2.54. The van der Waals surface area contributed by atoms with Gasteiger partial charge in [-0.1, -0.05) is 0 Å². The van der Waals surface area contributed by atoms with Gasteiger partial charge in [0, 0.05) is 12.4 Å². The first-order chi connectivity index (χ1) is 6.56. The van der Waals surface area contributed by atoms with E-state index in [0.717, 1.165) is 0 Å². The van der Waals surface area contributed by atoms with Crippen LogP contribution in [0.4, 0.5) is 0 Å². The molecule has 0 spiro atoms. The smallest absolute Gasteiger partial charge is 0.308 e. The van der Waals surface area contributed by atoms with Crippen molar-refractivity contribution in [1.29, 1.82) is 0 Å². The molecule has 1 rings (SSSR count). The van der Waals surface area contributed by atoms with Crippen LogP contribution in [0.2, 0.25) is 0 Å². The Balaban J connectivity index is 2.63. The first kappa shape index (κ1) is 10.8. The van der Waals surface area contributed by atoms with E-state index >= 15 is 0 Å². The molecule has 0 aliphatic heterocycles. The second kappa shape index (κ2) is 4.26. The van der Waals surface area contributed by atoms with Crippen LogP contribution in [0.5, 0.6) is 0 Å². The molecule has 4 nitrogen and oxygen atoms in total. The average molecular weight is 196 g/mol. The lowest BCUT2D eigenvalue weighted by atomic mass is 10.0. The van der Waals surface area contributed by atoms with E-state index in [1.807, 2.05) is 26.1 Å². The quantitative estimate of drug-likeness (QED) is 0.686. The highest BCUT2D eigenvalue weighted by molar-refractivity contribution is 5.70. The molecular weight excluding hydrogens is 180 g/mol. The monoisotopic (exact) mass is 196 g/mol. The number of aromatic nitrogens is 2. The third kappa shape index (κ3) is 2.58. The van der Waals surface area contributed by atoms with Crippen LogP contribution in [0.25, 0.3) is 0 Å². The highest BCUT2D eigenvalue weighted by Gasteiger charge is 2.24. The molecule has 1 heterocycles. The van der Waals surface area contributed by atoms with Crippen molar-refractivity contribution in [2.75, 3.05) is 6.61 Å². The van der Waals surface area contributed by atoms with E-state index in [9.17, 15) is 4.79 Å². The van der Waals surface area contributed by atoms with E-state index in [2.05, 4.69) is 5.10 Å². The molecule has 78 valence electrons. The Morgan fingerprint density at radius 1 is 1.57 bits per heavy atom. The van der Waals surface area contributed by atoms with Gasteiger partial charge in [-0.3, -0.25) is 9.48 Å². The standard InChI is InChI=1S/C10H16N2O2/c1-4-14-9(13)8-10(2,3)12-7-5-6-11-12/h5-7H,4,8H2,1-3H3. The Morgan fingerprint density at radius 2 is 2.29 bits per heavy atom. The molecule has 14 heavy (non-hydrogen) atoms. The minimum absolute atomic E-state index is 0.187. The second-order valence-corrected chi connectivity index (χ2v) is 3.74. The summed E-state index contributed by atoms with van der Waals surface area (Å²) in [7, 11) is 0. The third-order valence-corrected chi connectivity index (χ3v) is 2.01. The van der Waals surface area contributed by atoms with Crippen molar-refractivity contribution in [2.45, 2.75) is 32.7 Å². The summed E-state index contributed by atoms with van der Waals surface area (Å²) < 4.78 is 6.66. The Bertz CT molecular complexity index is 291. The molecule has 0 saturated carbocycles. The van der Waals surface area contributed by atoms with Crippen molar-refractivity contribution < 1.29 is 9.53 Å². The predicted molar refractivity (Wildman–Crippen MR) is 52.8 cm³/mol. The molecule has 1 aromatic rings. The summed E-state index contributed by atoms with van der Waals surface area (Å²) in [5.41, 5.74) is -0.324. The van der Waals surface area contributed by atoms with E-state index in [-0.39, 0.29) is 11.5 Å². The van der Waals surface area contributed by atoms with Crippen molar-refractivity contribution in [2.24, 2.45) is 0 Å². The minimum Gasteiger partial charge on any atom is -0.466 e. The fraction of sp³-hybridized carbons (Fsp3) is 0.600. The van der Waals surface area contributed by atoms with Gasteiger partial charge in [-0.2, -0.15) is 5.10 Å². The third-order valence-electron chi connectivity index (χ3n) is 2.01. The molecule has 0 saturated heterocycles. The van der Waals surface area contributed by atoms with Crippen LogP contribution in [-0.2, 0) is 15.1 Å². The number of esters is 1. The number of ether oxygens (including phenoxy) is 1. The molecule has 0 amide bonds. The zero-order valence-corrected chi connectivity index (χ0v) is 8.86. The van der Waals surface area contributed by atoms with Gasteiger partial charge in [-0.25, -0.2) is 0 Å². The van der Waals surface area contributed by atoms with Gasteiger partial charge >= 0.3 is 5.97 Å². The Kier molecular flexibility index (Phi) is 3.28. The van der Waals surface area contributed by atoms with Gasteiger partial charge in [0.25, 0.3) is 0 Å². The second-order valence-electron chi connectivity index (χ2n) is 3.74. The molecule has 0 fully saturated rings. The molecule has 0 unspecified atom stereocenters. The van der Waals surface area contributed by atoms with Gasteiger partial charge in [-0.05, 0) is 26.8 Å². The Labute approximate surface area is 83.9 Å². The van der Waals surface area contributed by atoms with Gasteiger partial charge in [-0.15, -0.1) is 0 Å². The van der Waals surface area contributed by atoms with Crippen molar-refractivity contribution in [3.05, 3.63) is 18.5 Å². The number of hydrogen-bond acceptors (Lipinski definition) is 3. The number of nitrogens with zero attached hydrogens (tertiary/aromatic N) is 2. The van der Waals surface area contributed by atoms with E-state index in [1.165, 1.54) is 0 Å². The lowest BCUT2D eigenvalue weighted by molar-refractivity contribution is -0.145. The summed E-state index contributed by atoms with van der Waals surface area (Å²) in [6, 6.07) is 1.84. The molecule has 0 aliphatic rings. The largest absolute Gasteiger partial charge is 0.466 e. The summed E-state index contributed by atoms with van der Waals surface area (Å²) in [4.78, 5) is 11.3. The van der Waals surface area contributed by atoms with Gasteiger partial charge in [0.15, 0.2) is 0 Å². The zero-order valence-electron chi connectivity index (χ0n) is 8.86. The SMILES string of the molecule is CCOC(=O)CC(C)(C)n1cccn1. The van der Waals surface area contributed by atoms with E-state index in [0.29, 0.717) is 13.0 Å². The molecule has 0 atom stereocenters. The van der Waals surface area contributed by atoms with Crippen molar-refractivity contribution in [3.8, 4) is 0 Å². The highest BCUT2D eigenvalue weighted by Crippen LogP contribution is 2.18. The lowest BCUT2D eigenvalue weighted by Gasteiger charge is -2.23. The molecule has 0 radical (unpaired) electrons. The van der Waals surface area contributed by atoms with Crippen LogP contribution in [0.15, 0.2) is 18.5 Å². The lowest BCUT2D eigenvalue weighted by Crippen LogP contribution is -2.30. The maximum atomic E-state index is 11.3. The van der Waals surface area contributed by atoms with E-state index in [1.54, 1.807) is 17.8 Å². The van der Waals surface area contributed by atoms with Crippen LogP contribution in [0, 0.1) is 0 Å². The predicted octanol–water partition coefficient (Wildman–Crippen LogP) is 1.57. The van der Waals surface area contributed by atoms with E-state index in [4.69, 9.17) is 4.74 Å². The molecule has 4 heteroatoms. The van der Waals surface area contributed by atoms with Gasteiger partial charge in [0.2, 0.25) is 0 Å². The summed E-state index contributed by atoms with van der Waals surface area (Å²) in [6.07, 6.45) is 3.88. The molecule has 0 aromatic carbocycles. The molecule has 0 bridgehead atoms. The van der Waals surface area contributed by atoms with Crippen LogP contribution >= 0.6 is 0 Å². The Morgan fingerprint density at radius 3 is 2.79 bits per heavy atom. The maximum absolute atomic E-state index is 11.3. The number of hydrogen-bond donors (Lipinski definition) is 0. The van der Waals surface area contributed by atoms with Crippen LogP contribution < -0.4 is 0 Å². The highest BCUT2D eigenvalue weighted by atomic mass is 16.5. The summed E-state index contributed by atoms with van der Waals surface area (Å²) >= 11 is 0. The molecule has 1 aromatic heterocycles. The molecular formula is C10H16N2O2. The van der Waals surface area contributed by atoms with Crippen molar-refractivity contribution in [3.63, 3.8) is 0 Å². The molecule has 0 aliphatic carbocycles. The topological polar surface area (TPSA) is 44.1 Å². The number of carbonyl (C=O) groups is 1. The van der Waals surface area contributed by atoms with Gasteiger partial charge in [0.05, 0.1) is 18.6 Å². The van der Waals surface area contributed by atoms with Crippen LogP contribution in [0.1, 0.15) is 27.2 Å². The first-order valence-corrected chi connectivity index (χ1v) is 4.72. The normalized spacial score (nSPS) is 11.4. The fourth-order valence-corrected chi connectivity index (χ4v) is 1.27. The Hall–Kier alpha value is -1.32. The van der Waals surface area contributed by atoms with E-state index < -0.39 is 0 Å². The van der Waals surface area contributed by atoms with Crippen LogP contribution in [-0.4, -0.2) is 22.4 Å². The minimum atomic E-state index is -0.324.